The largest absolute Gasteiger partial charge is 0.366 e. The van der Waals surface area contributed by atoms with Crippen molar-refractivity contribution in [3.8, 4) is 0 Å². The third kappa shape index (κ3) is 3.56. The third-order valence-electron chi connectivity index (χ3n) is 2.05. The number of hydrogen-bond donors (Lipinski definition) is 2. The van der Waals surface area contributed by atoms with Crippen molar-refractivity contribution in [3.05, 3.63) is 40.6 Å². The van der Waals surface area contributed by atoms with E-state index in [9.17, 15) is 9.59 Å². The van der Waals surface area contributed by atoms with Gasteiger partial charge in [0.05, 0.1) is 11.1 Å². The number of nitrogens with two attached hydrogens (primary N) is 1. The first-order valence-electron chi connectivity index (χ1n) is 4.76. The van der Waals surface area contributed by atoms with Crippen molar-refractivity contribution in [2.75, 3.05) is 6.54 Å². The number of carbonyl (C=O) groups excluding carboxylic acids is 2. The van der Waals surface area contributed by atoms with E-state index in [-0.39, 0.29) is 5.91 Å². The molecule has 3 N–H and O–H groups in total. The van der Waals surface area contributed by atoms with Crippen molar-refractivity contribution in [2.24, 2.45) is 5.73 Å². The minimum absolute atomic E-state index is 0.240. The summed E-state index contributed by atoms with van der Waals surface area (Å²) in [5, 5.41) is 2.68. The van der Waals surface area contributed by atoms with Gasteiger partial charge >= 0.3 is 0 Å². The fraction of sp³-hybridized carbons (Fsp3) is 0.0909. The normalized spacial score (nSPS) is 9.94. The molecule has 18 heavy (non-hydrogen) atoms. The minimum Gasteiger partial charge on any atom is -0.366 e. The van der Waals surface area contributed by atoms with Crippen molar-refractivity contribution in [2.45, 2.75) is 0 Å². The van der Waals surface area contributed by atoms with Crippen molar-refractivity contribution < 1.29 is 9.59 Å². The number of amides is 2. The SMILES string of the molecule is C=CCNC(=O)c1cc(I)c(I)c(C(N)=O)c1I. The summed E-state index contributed by atoms with van der Waals surface area (Å²) in [4.78, 5) is 23.4. The topological polar surface area (TPSA) is 72.2 Å². The number of benzene rings is 1. The van der Waals surface area contributed by atoms with Crippen LogP contribution >= 0.6 is 67.8 Å². The summed E-state index contributed by atoms with van der Waals surface area (Å²) in [6.45, 7) is 3.91. The molecule has 0 aliphatic carbocycles. The fourth-order valence-electron chi connectivity index (χ4n) is 1.25. The van der Waals surface area contributed by atoms with Crippen LogP contribution in [0.15, 0.2) is 18.7 Å². The lowest BCUT2D eigenvalue weighted by Gasteiger charge is -2.11. The fourth-order valence-corrected chi connectivity index (χ4v) is 3.97. The molecule has 0 radical (unpaired) electrons. The van der Waals surface area contributed by atoms with Crippen molar-refractivity contribution in [1.82, 2.24) is 5.32 Å². The number of nitrogens with one attached hydrogen (secondary N) is 1. The molecule has 96 valence electrons. The Bertz CT molecular complexity index is 530. The summed E-state index contributed by atoms with van der Waals surface area (Å²) in [5.74, 6) is -0.767. The quantitative estimate of drug-likeness (QED) is 0.326. The van der Waals surface area contributed by atoms with E-state index in [2.05, 4.69) is 57.1 Å². The molecule has 0 aromatic heterocycles. The molecule has 0 atom stereocenters. The smallest absolute Gasteiger partial charge is 0.252 e. The zero-order valence-corrected chi connectivity index (χ0v) is 15.6. The summed E-state index contributed by atoms with van der Waals surface area (Å²) in [6.07, 6.45) is 1.59. The number of primary amides is 1. The highest BCUT2D eigenvalue weighted by Gasteiger charge is 2.21. The van der Waals surface area contributed by atoms with E-state index in [1.54, 1.807) is 12.1 Å². The predicted octanol–water partition coefficient (Wildman–Crippen LogP) is 2.52. The van der Waals surface area contributed by atoms with Crippen LogP contribution in [-0.2, 0) is 0 Å². The van der Waals surface area contributed by atoms with Crippen LogP contribution in [0.5, 0.6) is 0 Å². The van der Waals surface area contributed by atoms with Crippen LogP contribution in [0.25, 0.3) is 0 Å². The lowest BCUT2D eigenvalue weighted by molar-refractivity contribution is 0.0957. The Hall–Kier alpha value is 0.0900. The number of carbonyl (C=O) groups is 2. The van der Waals surface area contributed by atoms with Gasteiger partial charge in [0.15, 0.2) is 0 Å². The highest BCUT2D eigenvalue weighted by atomic mass is 127. The molecule has 0 unspecified atom stereocenters. The van der Waals surface area contributed by atoms with Gasteiger partial charge in [-0.1, -0.05) is 6.08 Å². The van der Waals surface area contributed by atoms with E-state index in [0.717, 1.165) is 7.14 Å². The second kappa shape index (κ2) is 7.03. The molecule has 4 nitrogen and oxygen atoms in total. The van der Waals surface area contributed by atoms with E-state index in [1.165, 1.54) is 0 Å². The second-order valence-electron chi connectivity index (χ2n) is 3.27. The summed E-state index contributed by atoms with van der Waals surface area (Å²) in [5.41, 5.74) is 6.20. The maximum Gasteiger partial charge on any atom is 0.252 e. The Morgan fingerprint density at radius 1 is 1.33 bits per heavy atom. The zero-order valence-electron chi connectivity index (χ0n) is 9.10. The molecule has 0 saturated carbocycles. The Morgan fingerprint density at radius 2 is 1.94 bits per heavy atom. The first-order chi connectivity index (χ1) is 8.40. The first-order valence-corrected chi connectivity index (χ1v) is 8.00. The van der Waals surface area contributed by atoms with Gasteiger partial charge in [0.25, 0.3) is 11.8 Å². The molecule has 0 fully saturated rings. The van der Waals surface area contributed by atoms with E-state index in [0.29, 0.717) is 21.2 Å². The molecule has 1 aromatic carbocycles. The van der Waals surface area contributed by atoms with Gasteiger partial charge in [-0.15, -0.1) is 6.58 Å². The lowest BCUT2D eigenvalue weighted by Crippen LogP contribution is -2.26. The highest BCUT2D eigenvalue weighted by Crippen LogP contribution is 2.27. The number of halogens is 3. The molecule has 0 bridgehead atoms. The van der Waals surface area contributed by atoms with Crippen LogP contribution in [0.4, 0.5) is 0 Å². The molecule has 7 heteroatoms. The standard InChI is InChI=1S/C11H9I3N2O2/c1-2-3-16-11(18)5-4-6(12)9(14)7(8(5)13)10(15)17/h2,4H,1,3H2,(H2,15,17)(H,16,18). The minimum atomic E-state index is -0.528. The Morgan fingerprint density at radius 3 is 2.44 bits per heavy atom. The monoisotopic (exact) mass is 582 g/mol. The van der Waals surface area contributed by atoms with E-state index in [1.807, 2.05) is 22.6 Å². The molecular weight excluding hydrogens is 573 g/mol. The summed E-state index contributed by atoms with van der Waals surface area (Å²) in [6, 6.07) is 1.75. The van der Waals surface area contributed by atoms with Gasteiger partial charge in [0.2, 0.25) is 0 Å². The summed E-state index contributed by atoms with van der Waals surface area (Å²) < 4.78 is 2.17. The summed E-state index contributed by atoms with van der Waals surface area (Å²) in [7, 11) is 0. The average Bonchev–Trinajstić information content (AvgIpc) is 2.30. The maximum absolute atomic E-state index is 11.9. The highest BCUT2D eigenvalue weighted by molar-refractivity contribution is 14.1. The Balaban J connectivity index is 3.34. The maximum atomic E-state index is 11.9. The summed E-state index contributed by atoms with van der Waals surface area (Å²) >= 11 is 6.10. The number of rotatable bonds is 4. The van der Waals surface area contributed by atoms with Crippen molar-refractivity contribution in [3.63, 3.8) is 0 Å². The average molecular weight is 582 g/mol. The van der Waals surface area contributed by atoms with Gasteiger partial charge in [-0.25, -0.2) is 0 Å². The van der Waals surface area contributed by atoms with Crippen LogP contribution in [0.3, 0.4) is 0 Å². The van der Waals surface area contributed by atoms with Gasteiger partial charge in [-0.05, 0) is 73.8 Å². The molecule has 2 amide bonds. The van der Waals surface area contributed by atoms with E-state index in [4.69, 9.17) is 5.73 Å². The molecule has 0 aliphatic heterocycles. The zero-order chi connectivity index (χ0) is 13.9. The van der Waals surface area contributed by atoms with Gasteiger partial charge in [-0.2, -0.15) is 0 Å². The molecule has 1 aromatic rings. The molecule has 0 spiro atoms. The van der Waals surface area contributed by atoms with Crippen LogP contribution < -0.4 is 11.1 Å². The predicted molar refractivity (Wildman–Crippen MR) is 95.6 cm³/mol. The van der Waals surface area contributed by atoms with E-state index >= 15 is 0 Å². The number of hydrogen-bond acceptors (Lipinski definition) is 2. The molecular formula is C11H9I3N2O2. The van der Waals surface area contributed by atoms with E-state index < -0.39 is 5.91 Å². The lowest BCUT2D eigenvalue weighted by atomic mass is 10.1. The first kappa shape index (κ1) is 16.1. The van der Waals surface area contributed by atoms with Crippen LogP contribution in [-0.4, -0.2) is 18.4 Å². The Kier molecular flexibility index (Phi) is 6.30. The molecule has 0 heterocycles. The Labute approximate surface area is 146 Å². The molecule has 1 rings (SSSR count). The van der Waals surface area contributed by atoms with Crippen LogP contribution in [0.1, 0.15) is 20.7 Å². The molecule has 0 aliphatic rings. The van der Waals surface area contributed by atoms with Gasteiger partial charge in [0, 0.05) is 17.3 Å². The van der Waals surface area contributed by atoms with Crippen LogP contribution in [0, 0.1) is 10.7 Å². The van der Waals surface area contributed by atoms with Gasteiger partial charge in [-0.3, -0.25) is 9.59 Å². The van der Waals surface area contributed by atoms with Gasteiger partial charge < -0.3 is 11.1 Å². The van der Waals surface area contributed by atoms with Crippen molar-refractivity contribution in [1.29, 1.82) is 0 Å². The van der Waals surface area contributed by atoms with Gasteiger partial charge in [0.1, 0.15) is 0 Å². The third-order valence-corrected chi connectivity index (χ3v) is 6.18. The second-order valence-corrected chi connectivity index (χ2v) is 6.59. The van der Waals surface area contributed by atoms with Crippen LogP contribution in [0.2, 0.25) is 0 Å². The molecule has 0 saturated heterocycles. The van der Waals surface area contributed by atoms with Crippen molar-refractivity contribution >= 4 is 79.6 Å².